The third-order valence-corrected chi connectivity index (χ3v) is 2.16. The van der Waals surface area contributed by atoms with Crippen molar-refractivity contribution in [1.29, 1.82) is 5.26 Å². The number of alkyl halides is 2. The zero-order valence-corrected chi connectivity index (χ0v) is 11.0. The van der Waals surface area contributed by atoms with E-state index in [4.69, 9.17) is 10.00 Å². The molecule has 0 spiro atoms. The van der Waals surface area contributed by atoms with Crippen molar-refractivity contribution in [2.24, 2.45) is 0 Å². The lowest BCUT2D eigenvalue weighted by Gasteiger charge is -2.04. The summed E-state index contributed by atoms with van der Waals surface area (Å²) in [5.74, 6) is -0.376. The first-order valence-electron chi connectivity index (χ1n) is 5.71. The van der Waals surface area contributed by atoms with Crippen molar-refractivity contribution in [2.45, 2.75) is 26.6 Å². The molecular formula is C13H13F2NO4. The van der Waals surface area contributed by atoms with Gasteiger partial charge in [-0.05, 0) is 17.7 Å². The highest BCUT2D eigenvalue weighted by molar-refractivity contribution is 5.65. The Morgan fingerprint density at radius 1 is 1.40 bits per heavy atom. The van der Waals surface area contributed by atoms with Crippen LogP contribution in [0.5, 0.6) is 11.5 Å². The van der Waals surface area contributed by atoms with Gasteiger partial charge < -0.3 is 14.2 Å². The second kappa shape index (κ2) is 6.70. The van der Waals surface area contributed by atoms with Gasteiger partial charge in [-0.15, -0.1) is 8.78 Å². The monoisotopic (exact) mass is 285 g/mol. The van der Waals surface area contributed by atoms with Gasteiger partial charge in [-0.2, -0.15) is 5.26 Å². The minimum atomic E-state index is -3.60. The Kier molecular flexibility index (Phi) is 5.26. The standard InChI is InChI=1S/C11H10F2O4.C2H3N/c1-7(14)15-5-4-8-2-3-9-10(6-8)17-11(12,13)16-9;1-2-3/h2-3,6H,4-5H2,1H3;1H3. The molecule has 108 valence electrons. The lowest BCUT2D eigenvalue weighted by Crippen LogP contribution is -2.25. The van der Waals surface area contributed by atoms with Gasteiger partial charge >= 0.3 is 12.3 Å². The summed E-state index contributed by atoms with van der Waals surface area (Å²) in [7, 11) is 0. The maximum atomic E-state index is 12.7. The number of carbonyl (C=O) groups is 1. The fourth-order valence-corrected chi connectivity index (χ4v) is 1.46. The van der Waals surface area contributed by atoms with E-state index in [0.29, 0.717) is 6.42 Å². The van der Waals surface area contributed by atoms with Gasteiger partial charge in [-0.25, -0.2) is 0 Å². The predicted octanol–water partition coefficient (Wildman–Crippen LogP) is 2.64. The number of hydrogen-bond acceptors (Lipinski definition) is 5. The predicted molar refractivity (Wildman–Crippen MR) is 64.3 cm³/mol. The minimum Gasteiger partial charge on any atom is -0.466 e. The minimum absolute atomic E-state index is 0.00433. The average molecular weight is 285 g/mol. The Morgan fingerprint density at radius 2 is 2.00 bits per heavy atom. The number of rotatable bonds is 3. The van der Waals surface area contributed by atoms with Gasteiger partial charge in [-0.3, -0.25) is 4.79 Å². The maximum absolute atomic E-state index is 12.7. The molecule has 5 nitrogen and oxygen atoms in total. The summed E-state index contributed by atoms with van der Waals surface area (Å²) in [6.45, 7) is 2.94. The van der Waals surface area contributed by atoms with Crippen molar-refractivity contribution >= 4 is 5.97 Å². The number of hydrogen-bond donors (Lipinski definition) is 0. The summed E-state index contributed by atoms with van der Waals surface area (Å²) in [5.41, 5.74) is 0.728. The van der Waals surface area contributed by atoms with Crippen LogP contribution < -0.4 is 9.47 Å². The van der Waals surface area contributed by atoms with Crippen LogP contribution in [0.2, 0.25) is 0 Å². The van der Waals surface area contributed by atoms with Gasteiger partial charge in [-0.1, -0.05) is 6.07 Å². The second-order valence-electron chi connectivity index (χ2n) is 3.76. The van der Waals surface area contributed by atoms with Crippen molar-refractivity contribution in [3.05, 3.63) is 23.8 Å². The average Bonchev–Trinajstić information content (AvgIpc) is 2.62. The molecule has 1 aromatic carbocycles. The number of carbonyl (C=O) groups excluding carboxylic acids is 1. The first kappa shape index (κ1) is 15.7. The summed E-state index contributed by atoms with van der Waals surface area (Å²) in [6, 6.07) is 6.21. The van der Waals surface area contributed by atoms with Crippen LogP contribution in [0.1, 0.15) is 19.4 Å². The molecule has 0 amide bonds. The van der Waals surface area contributed by atoms with Crippen LogP contribution in [-0.4, -0.2) is 18.9 Å². The Labute approximate surface area is 114 Å². The molecule has 0 aromatic heterocycles. The SMILES string of the molecule is CC#N.CC(=O)OCCc1ccc2c(c1)OC(F)(F)O2. The molecular weight excluding hydrogens is 272 g/mol. The molecule has 20 heavy (non-hydrogen) atoms. The Morgan fingerprint density at radius 3 is 2.60 bits per heavy atom. The van der Waals surface area contributed by atoms with Crippen LogP contribution >= 0.6 is 0 Å². The van der Waals surface area contributed by atoms with Gasteiger partial charge in [0.1, 0.15) is 0 Å². The fraction of sp³-hybridized carbons (Fsp3) is 0.385. The Hall–Kier alpha value is -2.36. The highest BCUT2D eigenvalue weighted by atomic mass is 19.3. The van der Waals surface area contributed by atoms with Gasteiger partial charge in [0, 0.05) is 20.3 Å². The molecule has 1 aromatic rings. The van der Waals surface area contributed by atoms with Crippen LogP contribution in [-0.2, 0) is 16.0 Å². The van der Waals surface area contributed by atoms with Gasteiger partial charge in [0.05, 0.1) is 12.7 Å². The molecule has 0 saturated carbocycles. The summed E-state index contributed by atoms with van der Waals surface area (Å²) in [5, 5.41) is 7.32. The first-order chi connectivity index (χ1) is 9.38. The number of ether oxygens (including phenoxy) is 3. The van der Waals surface area contributed by atoms with Crippen molar-refractivity contribution in [3.63, 3.8) is 0 Å². The van der Waals surface area contributed by atoms with E-state index in [2.05, 4.69) is 9.47 Å². The largest absolute Gasteiger partial charge is 0.586 e. The molecule has 7 heteroatoms. The van der Waals surface area contributed by atoms with Crippen molar-refractivity contribution in [2.75, 3.05) is 6.61 Å². The zero-order chi connectivity index (χ0) is 15.2. The molecule has 0 fully saturated rings. The summed E-state index contributed by atoms with van der Waals surface area (Å²) in [6.07, 6.45) is -3.17. The topological polar surface area (TPSA) is 68.6 Å². The molecule has 0 N–H and O–H groups in total. The van der Waals surface area contributed by atoms with Gasteiger partial charge in [0.25, 0.3) is 0 Å². The van der Waals surface area contributed by atoms with Gasteiger partial charge in [0.2, 0.25) is 0 Å². The molecule has 0 unspecified atom stereocenters. The van der Waals surface area contributed by atoms with Crippen LogP contribution in [0.4, 0.5) is 8.78 Å². The lowest BCUT2D eigenvalue weighted by atomic mass is 10.1. The smallest absolute Gasteiger partial charge is 0.466 e. The highest BCUT2D eigenvalue weighted by Crippen LogP contribution is 2.41. The molecule has 0 aliphatic carbocycles. The third-order valence-electron chi connectivity index (χ3n) is 2.16. The van der Waals surface area contributed by atoms with E-state index in [1.54, 1.807) is 12.1 Å². The first-order valence-corrected chi connectivity index (χ1v) is 5.71. The Balaban J connectivity index is 0.000000612. The zero-order valence-electron chi connectivity index (χ0n) is 11.0. The maximum Gasteiger partial charge on any atom is 0.586 e. The van der Waals surface area contributed by atoms with Crippen molar-refractivity contribution < 1.29 is 27.8 Å². The molecule has 2 rings (SSSR count). The van der Waals surface area contributed by atoms with Gasteiger partial charge in [0.15, 0.2) is 11.5 Å². The fourth-order valence-electron chi connectivity index (χ4n) is 1.46. The van der Waals surface area contributed by atoms with Crippen molar-refractivity contribution in [3.8, 4) is 17.6 Å². The summed E-state index contributed by atoms with van der Waals surface area (Å²) < 4.78 is 38.7. The number of esters is 1. The van der Waals surface area contributed by atoms with E-state index in [9.17, 15) is 13.6 Å². The van der Waals surface area contributed by atoms with Crippen LogP contribution in [0.15, 0.2) is 18.2 Å². The van der Waals surface area contributed by atoms with Crippen LogP contribution in [0.3, 0.4) is 0 Å². The Bertz CT molecular complexity index is 526. The molecule has 1 aliphatic rings. The normalized spacial score (nSPS) is 13.8. The van der Waals surface area contributed by atoms with E-state index < -0.39 is 6.29 Å². The number of fused-ring (bicyclic) bond motifs is 1. The molecule has 1 aliphatic heterocycles. The van der Waals surface area contributed by atoms with E-state index in [1.807, 2.05) is 0 Å². The number of nitriles is 1. The van der Waals surface area contributed by atoms with Crippen molar-refractivity contribution in [1.82, 2.24) is 0 Å². The van der Waals surface area contributed by atoms with E-state index in [1.165, 1.54) is 26.0 Å². The lowest BCUT2D eigenvalue weighted by molar-refractivity contribution is -0.286. The van der Waals surface area contributed by atoms with Crippen LogP contribution in [0.25, 0.3) is 0 Å². The van der Waals surface area contributed by atoms with E-state index in [-0.39, 0.29) is 24.1 Å². The quantitative estimate of drug-likeness (QED) is 0.798. The molecule has 0 radical (unpaired) electrons. The van der Waals surface area contributed by atoms with E-state index >= 15 is 0 Å². The third kappa shape index (κ3) is 4.72. The van der Waals surface area contributed by atoms with Crippen LogP contribution in [0, 0.1) is 11.3 Å². The highest BCUT2D eigenvalue weighted by Gasteiger charge is 2.43. The molecule has 0 bridgehead atoms. The van der Waals surface area contributed by atoms with E-state index in [0.717, 1.165) is 5.56 Å². The molecule has 1 heterocycles. The number of nitrogens with zero attached hydrogens (tertiary/aromatic N) is 1. The molecule has 0 saturated heterocycles. The number of halogens is 2. The summed E-state index contributed by atoms with van der Waals surface area (Å²) in [4.78, 5) is 10.5. The summed E-state index contributed by atoms with van der Waals surface area (Å²) >= 11 is 0. The number of benzene rings is 1. The molecule has 0 atom stereocenters. The second-order valence-corrected chi connectivity index (χ2v) is 3.76.